The molecule has 1 saturated heterocycles. The van der Waals surface area contributed by atoms with Crippen molar-refractivity contribution < 1.29 is 17.9 Å². The van der Waals surface area contributed by atoms with E-state index in [1.54, 1.807) is 36.1 Å². The number of amides is 1. The number of rotatable bonds is 5. The molecule has 2 aromatic carbocycles. The third-order valence-corrected chi connectivity index (χ3v) is 5.91. The number of nitrogens with zero attached hydrogens (tertiary/aromatic N) is 1. The molecule has 0 aromatic heterocycles. The molecule has 1 unspecified atom stereocenters. The Hall–Kier alpha value is -2.22. The Bertz CT molecular complexity index is 911. The zero-order chi connectivity index (χ0) is 18.7. The molecule has 1 heterocycles. The quantitative estimate of drug-likeness (QED) is 0.869. The Morgan fingerprint density at radius 3 is 2.65 bits per heavy atom. The molecular formula is C19H22N2O4S. The van der Waals surface area contributed by atoms with Crippen LogP contribution in [0.15, 0.2) is 53.4 Å². The summed E-state index contributed by atoms with van der Waals surface area (Å²) in [6.07, 6.45) is -0.410. The summed E-state index contributed by atoms with van der Waals surface area (Å²) in [5, 5.41) is 0. The second-order valence-corrected chi connectivity index (χ2v) is 8.13. The third kappa shape index (κ3) is 4.12. The number of carbonyl (C=O) groups excluding carboxylic acids is 1. The standard InChI is InChI=1S/C19H22N2O4S/c1-14-6-5-8-16(10-14)21-12-17(25-13-19(21)22)11-20-26(23,24)18-9-4-3-7-15(18)2/h3-10,17,20H,11-13H2,1-2H3. The maximum absolute atomic E-state index is 12.5. The van der Waals surface area contributed by atoms with Crippen LogP contribution < -0.4 is 9.62 Å². The molecule has 0 radical (unpaired) electrons. The van der Waals surface area contributed by atoms with E-state index in [1.165, 1.54) is 0 Å². The predicted molar refractivity (Wildman–Crippen MR) is 99.6 cm³/mol. The number of carbonyl (C=O) groups is 1. The number of anilines is 1. The van der Waals surface area contributed by atoms with Gasteiger partial charge < -0.3 is 9.64 Å². The highest BCUT2D eigenvalue weighted by Crippen LogP contribution is 2.20. The van der Waals surface area contributed by atoms with E-state index in [4.69, 9.17) is 4.74 Å². The molecule has 138 valence electrons. The minimum Gasteiger partial charge on any atom is -0.365 e. The van der Waals surface area contributed by atoms with Crippen molar-refractivity contribution in [3.8, 4) is 0 Å². The van der Waals surface area contributed by atoms with E-state index in [0.717, 1.165) is 11.3 Å². The van der Waals surface area contributed by atoms with Crippen LogP contribution in [-0.2, 0) is 19.6 Å². The van der Waals surface area contributed by atoms with E-state index in [1.807, 2.05) is 31.2 Å². The fourth-order valence-corrected chi connectivity index (χ4v) is 4.24. The van der Waals surface area contributed by atoms with Crippen molar-refractivity contribution >= 4 is 21.6 Å². The van der Waals surface area contributed by atoms with Crippen LogP contribution in [0, 0.1) is 13.8 Å². The lowest BCUT2D eigenvalue weighted by Gasteiger charge is -2.33. The van der Waals surface area contributed by atoms with Crippen LogP contribution in [-0.4, -0.2) is 40.1 Å². The van der Waals surface area contributed by atoms with Gasteiger partial charge in [0.25, 0.3) is 5.91 Å². The van der Waals surface area contributed by atoms with Gasteiger partial charge in [0.2, 0.25) is 10.0 Å². The first-order chi connectivity index (χ1) is 12.4. The molecule has 0 spiro atoms. The monoisotopic (exact) mass is 374 g/mol. The van der Waals surface area contributed by atoms with Crippen LogP contribution in [0.5, 0.6) is 0 Å². The van der Waals surface area contributed by atoms with Crippen molar-refractivity contribution in [3.63, 3.8) is 0 Å². The van der Waals surface area contributed by atoms with E-state index in [9.17, 15) is 13.2 Å². The molecule has 1 aliphatic heterocycles. The summed E-state index contributed by atoms with van der Waals surface area (Å²) in [5.41, 5.74) is 2.53. The number of nitrogens with one attached hydrogen (secondary N) is 1. The zero-order valence-corrected chi connectivity index (χ0v) is 15.6. The second kappa shape index (κ2) is 7.57. The van der Waals surface area contributed by atoms with Gasteiger partial charge in [0.1, 0.15) is 6.61 Å². The molecule has 1 atom stereocenters. The van der Waals surface area contributed by atoms with Crippen LogP contribution in [0.2, 0.25) is 0 Å². The summed E-state index contributed by atoms with van der Waals surface area (Å²) < 4.78 is 33.1. The van der Waals surface area contributed by atoms with Gasteiger partial charge in [0.05, 0.1) is 17.5 Å². The van der Waals surface area contributed by atoms with Crippen molar-refractivity contribution in [2.75, 3.05) is 24.6 Å². The molecule has 3 rings (SSSR count). The first kappa shape index (κ1) is 18.6. The minimum atomic E-state index is -3.63. The Labute approximate surface area is 153 Å². The lowest BCUT2D eigenvalue weighted by Crippen LogP contribution is -2.50. The Morgan fingerprint density at radius 2 is 1.92 bits per heavy atom. The summed E-state index contributed by atoms with van der Waals surface area (Å²) in [4.78, 5) is 14.1. The predicted octanol–water partition coefficient (Wildman–Crippen LogP) is 2.01. The van der Waals surface area contributed by atoms with E-state index >= 15 is 0 Å². The first-order valence-electron chi connectivity index (χ1n) is 8.41. The topological polar surface area (TPSA) is 75.7 Å². The molecular weight excluding hydrogens is 352 g/mol. The van der Waals surface area contributed by atoms with Gasteiger partial charge in [0.15, 0.2) is 0 Å². The molecule has 2 aromatic rings. The molecule has 0 aliphatic carbocycles. The summed E-state index contributed by atoms with van der Waals surface area (Å²) in [7, 11) is -3.63. The SMILES string of the molecule is Cc1cccc(N2CC(CNS(=O)(=O)c3ccccc3C)OCC2=O)c1. The Morgan fingerprint density at radius 1 is 1.15 bits per heavy atom. The van der Waals surface area contributed by atoms with Crippen LogP contribution in [0.25, 0.3) is 0 Å². The number of hydrogen-bond acceptors (Lipinski definition) is 4. The molecule has 1 fully saturated rings. The van der Waals surface area contributed by atoms with E-state index < -0.39 is 16.1 Å². The van der Waals surface area contributed by atoms with Gasteiger partial charge in [0, 0.05) is 12.2 Å². The summed E-state index contributed by atoms with van der Waals surface area (Å²) >= 11 is 0. The van der Waals surface area contributed by atoms with Crippen molar-refractivity contribution in [2.45, 2.75) is 24.8 Å². The van der Waals surface area contributed by atoms with Gasteiger partial charge in [-0.1, -0.05) is 30.3 Å². The lowest BCUT2D eigenvalue weighted by atomic mass is 10.2. The molecule has 26 heavy (non-hydrogen) atoms. The highest BCUT2D eigenvalue weighted by molar-refractivity contribution is 7.89. The van der Waals surface area contributed by atoms with E-state index in [2.05, 4.69) is 4.72 Å². The number of aryl methyl sites for hydroxylation is 2. The van der Waals surface area contributed by atoms with Crippen LogP contribution in [0.3, 0.4) is 0 Å². The molecule has 7 heteroatoms. The van der Waals surface area contributed by atoms with E-state index in [0.29, 0.717) is 12.1 Å². The summed E-state index contributed by atoms with van der Waals surface area (Å²) in [5.74, 6) is -0.131. The molecule has 6 nitrogen and oxygen atoms in total. The zero-order valence-electron chi connectivity index (χ0n) is 14.8. The van der Waals surface area contributed by atoms with Gasteiger partial charge in [-0.25, -0.2) is 13.1 Å². The fourth-order valence-electron chi connectivity index (χ4n) is 2.93. The Kier molecular flexibility index (Phi) is 5.41. The highest BCUT2D eigenvalue weighted by atomic mass is 32.2. The molecule has 0 bridgehead atoms. The van der Waals surface area contributed by atoms with Crippen molar-refractivity contribution in [3.05, 3.63) is 59.7 Å². The average Bonchev–Trinajstić information content (AvgIpc) is 2.61. The number of ether oxygens (including phenoxy) is 1. The molecule has 0 saturated carbocycles. The van der Waals surface area contributed by atoms with Gasteiger partial charge in [-0.3, -0.25) is 4.79 Å². The molecule has 1 aliphatic rings. The first-order valence-corrected chi connectivity index (χ1v) is 9.89. The maximum Gasteiger partial charge on any atom is 0.253 e. The average molecular weight is 374 g/mol. The number of morpholine rings is 1. The van der Waals surface area contributed by atoms with Crippen LogP contribution >= 0.6 is 0 Å². The third-order valence-electron chi connectivity index (χ3n) is 4.33. The van der Waals surface area contributed by atoms with Crippen molar-refractivity contribution in [1.82, 2.24) is 4.72 Å². The smallest absolute Gasteiger partial charge is 0.253 e. The summed E-state index contributed by atoms with van der Waals surface area (Å²) in [6.45, 7) is 4.06. The van der Waals surface area contributed by atoms with Gasteiger partial charge in [-0.2, -0.15) is 0 Å². The Balaban J connectivity index is 1.69. The number of hydrogen-bond donors (Lipinski definition) is 1. The van der Waals surface area contributed by atoms with Crippen LogP contribution in [0.4, 0.5) is 5.69 Å². The summed E-state index contributed by atoms with van der Waals surface area (Å²) in [6, 6.07) is 14.5. The van der Waals surface area contributed by atoms with Crippen molar-refractivity contribution in [1.29, 1.82) is 0 Å². The number of benzene rings is 2. The largest absolute Gasteiger partial charge is 0.365 e. The fraction of sp³-hybridized carbons (Fsp3) is 0.316. The van der Waals surface area contributed by atoms with Crippen molar-refractivity contribution in [2.24, 2.45) is 0 Å². The molecule has 1 N–H and O–H groups in total. The van der Waals surface area contributed by atoms with E-state index in [-0.39, 0.29) is 24.0 Å². The van der Waals surface area contributed by atoms with Crippen LogP contribution in [0.1, 0.15) is 11.1 Å². The minimum absolute atomic E-state index is 0.0648. The lowest BCUT2D eigenvalue weighted by molar-refractivity contribution is -0.129. The highest BCUT2D eigenvalue weighted by Gasteiger charge is 2.29. The number of sulfonamides is 1. The van der Waals surface area contributed by atoms with Gasteiger partial charge >= 0.3 is 0 Å². The normalized spacial score (nSPS) is 18.2. The second-order valence-electron chi connectivity index (χ2n) is 6.39. The van der Waals surface area contributed by atoms with Gasteiger partial charge in [-0.15, -0.1) is 0 Å². The maximum atomic E-state index is 12.5. The van der Waals surface area contributed by atoms with Gasteiger partial charge in [-0.05, 0) is 43.2 Å². The molecule has 1 amide bonds.